The van der Waals surface area contributed by atoms with Crippen LogP contribution < -0.4 is 15.8 Å². The summed E-state index contributed by atoms with van der Waals surface area (Å²) in [5, 5.41) is 2.29. The third kappa shape index (κ3) is 5.72. The van der Waals surface area contributed by atoms with Gasteiger partial charge in [0.15, 0.2) is 0 Å². The van der Waals surface area contributed by atoms with Gasteiger partial charge in [0.2, 0.25) is 21.8 Å². The Bertz CT molecular complexity index is 980. The minimum absolute atomic E-state index is 0.257. The highest BCUT2D eigenvalue weighted by Gasteiger charge is 2.62. The molecule has 11 heteroatoms. The van der Waals surface area contributed by atoms with E-state index in [0.717, 1.165) is 19.3 Å². The number of nitrogens with one attached hydrogen (secondary N) is 2. The van der Waals surface area contributed by atoms with E-state index < -0.39 is 44.7 Å². The average molecular weight is 511 g/mol. The molecule has 4 rings (SSSR count). The summed E-state index contributed by atoms with van der Waals surface area (Å²) in [6.07, 6.45) is 8.30. The van der Waals surface area contributed by atoms with Gasteiger partial charge < -0.3 is 20.7 Å². The predicted molar refractivity (Wildman–Crippen MR) is 129 cm³/mol. The molecule has 6 atom stereocenters. The molecule has 0 aromatic rings. The van der Waals surface area contributed by atoms with Crippen LogP contribution in [0.2, 0.25) is 0 Å². The molecule has 0 aromatic carbocycles. The average Bonchev–Trinajstić information content (AvgIpc) is 3.71. The van der Waals surface area contributed by atoms with E-state index in [1.54, 1.807) is 0 Å². The number of rotatable bonds is 5. The van der Waals surface area contributed by atoms with Crippen molar-refractivity contribution in [2.75, 3.05) is 13.2 Å². The lowest BCUT2D eigenvalue weighted by atomic mass is 9.98. The van der Waals surface area contributed by atoms with Crippen molar-refractivity contribution in [3.05, 3.63) is 12.2 Å². The first-order valence-electron chi connectivity index (χ1n) is 12.8. The molecule has 4 aliphatic rings. The van der Waals surface area contributed by atoms with Crippen LogP contribution in [0.15, 0.2) is 12.2 Å². The van der Waals surface area contributed by atoms with E-state index in [0.29, 0.717) is 44.6 Å². The monoisotopic (exact) mass is 510 g/mol. The maximum atomic E-state index is 13.5. The molecular weight excluding hydrogens is 472 g/mol. The first-order chi connectivity index (χ1) is 16.6. The van der Waals surface area contributed by atoms with Crippen LogP contribution >= 0.6 is 0 Å². The van der Waals surface area contributed by atoms with Crippen LogP contribution in [0.5, 0.6) is 0 Å². The Hall–Kier alpha value is -1.98. The molecular formula is C24H38N4O6S. The molecule has 196 valence electrons. The SMILES string of the molecule is CCO[C@@H]1C[C@H]2C(=O)N[C@]3(C(=O)NS(=O)(=O)C4CC4)C[C@H]3/C=C\CC(C)CCC[C@H](N)C(=O)N2C1. The highest BCUT2D eigenvalue weighted by molar-refractivity contribution is 7.91. The number of hydrogen-bond donors (Lipinski definition) is 3. The summed E-state index contributed by atoms with van der Waals surface area (Å²) >= 11 is 0. The van der Waals surface area contributed by atoms with E-state index in [1.807, 2.05) is 19.1 Å². The molecule has 3 amide bonds. The minimum atomic E-state index is -3.76. The van der Waals surface area contributed by atoms with Crippen molar-refractivity contribution in [2.45, 2.75) is 94.2 Å². The van der Waals surface area contributed by atoms with Gasteiger partial charge in [0.25, 0.3) is 5.91 Å². The van der Waals surface area contributed by atoms with Gasteiger partial charge in [-0.15, -0.1) is 0 Å². The lowest BCUT2D eigenvalue weighted by Gasteiger charge is -2.28. The van der Waals surface area contributed by atoms with Crippen molar-refractivity contribution in [1.29, 1.82) is 0 Å². The number of nitrogens with two attached hydrogens (primary N) is 1. The van der Waals surface area contributed by atoms with Gasteiger partial charge in [-0.05, 0) is 44.9 Å². The largest absolute Gasteiger partial charge is 0.377 e. The van der Waals surface area contributed by atoms with Crippen LogP contribution in [0.3, 0.4) is 0 Å². The summed E-state index contributed by atoms with van der Waals surface area (Å²) in [5.74, 6) is -1.43. The number of amides is 3. The van der Waals surface area contributed by atoms with Crippen LogP contribution in [0.4, 0.5) is 0 Å². The molecule has 1 unspecified atom stereocenters. The zero-order valence-corrected chi connectivity index (χ0v) is 21.4. The fourth-order valence-corrected chi connectivity index (χ4v) is 6.59. The minimum Gasteiger partial charge on any atom is -0.377 e. The van der Waals surface area contributed by atoms with E-state index in [4.69, 9.17) is 10.5 Å². The van der Waals surface area contributed by atoms with Crippen molar-refractivity contribution in [1.82, 2.24) is 14.9 Å². The normalized spacial score (nSPS) is 37.3. The summed E-state index contributed by atoms with van der Waals surface area (Å²) in [6.45, 7) is 4.68. The number of hydrogen-bond acceptors (Lipinski definition) is 7. The number of carbonyl (C=O) groups is 3. The third-order valence-electron chi connectivity index (χ3n) is 7.65. The summed E-state index contributed by atoms with van der Waals surface area (Å²) in [4.78, 5) is 41.4. The predicted octanol–water partition coefficient (Wildman–Crippen LogP) is 0.569. The van der Waals surface area contributed by atoms with Gasteiger partial charge in [-0.1, -0.05) is 31.9 Å². The zero-order valence-electron chi connectivity index (χ0n) is 20.6. The van der Waals surface area contributed by atoms with Crippen molar-refractivity contribution >= 4 is 27.7 Å². The lowest BCUT2D eigenvalue weighted by Crippen LogP contribution is -2.57. The van der Waals surface area contributed by atoms with E-state index >= 15 is 0 Å². The van der Waals surface area contributed by atoms with Crippen LogP contribution in [0, 0.1) is 11.8 Å². The maximum absolute atomic E-state index is 13.5. The number of carbonyl (C=O) groups excluding carboxylic acids is 3. The fourth-order valence-electron chi connectivity index (χ4n) is 5.23. The number of allylic oxidation sites excluding steroid dienone is 1. The zero-order chi connectivity index (χ0) is 25.4. The topological polar surface area (TPSA) is 148 Å². The number of ether oxygens (including phenoxy) is 1. The molecule has 10 nitrogen and oxygen atoms in total. The van der Waals surface area contributed by atoms with Crippen LogP contribution in [0.1, 0.15) is 65.2 Å². The summed E-state index contributed by atoms with van der Waals surface area (Å²) in [6, 6.07) is -1.54. The van der Waals surface area contributed by atoms with Gasteiger partial charge in [-0.2, -0.15) is 0 Å². The summed E-state index contributed by atoms with van der Waals surface area (Å²) in [7, 11) is -3.76. The fraction of sp³-hybridized carbons (Fsp3) is 0.792. The first kappa shape index (κ1) is 26.1. The second kappa shape index (κ2) is 10.2. The summed E-state index contributed by atoms with van der Waals surface area (Å²) in [5.41, 5.74) is 4.88. The molecule has 0 bridgehead atoms. The second-order valence-electron chi connectivity index (χ2n) is 10.6. The molecule has 35 heavy (non-hydrogen) atoms. The quantitative estimate of drug-likeness (QED) is 0.458. The molecule has 0 radical (unpaired) electrons. The summed E-state index contributed by atoms with van der Waals surface area (Å²) < 4.78 is 32.8. The Balaban J connectivity index is 1.60. The van der Waals surface area contributed by atoms with Crippen LogP contribution in [0.25, 0.3) is 0 Å². The van der Waals surface area contributed by atoms with E-state index in [-0.39, 0.29) is 24.5 Å². The van der Waals surface area contributed by atoms with Crippen molar-refractivity contribution in [3.8, 4) is 0 Å². The van der Waals surface area contributed by atoms with Gasteiger partial charge >= 0.3 is 0 Å². The molecule has 0 aromatic heterocycles. The van der Waals surface area contributed by atoms with Crippen molar-refractivity contribution in [3.63, 3.8) is 0 Å². The van der Waals surface area contributed by atoms with Crippen LogP contribution in [-0.2, 0) is 29.1 Å². The Kier molecular flexibility index (Phi) is 7.59. The van der Waals surface area contributed by atoms with Gasteiger partial charge in [-0.25, -0.2) is 8.42 Å². The molecule has 2 heterocycles. The second-order valence-corrected chi connectivity index (χ2v) is 12.5. The highest BCUT2D eigenvalue weighted by atomic mass is 32.2. The Morgan fingerprint density at radius 2 is 2.03 bits per heavy atom. The molecule has 2 aliphatic heterocycles. The molecule has 1 saturated heterocycles. The number of sulfonamides is 1. The standard InChI is InChI=1S/C24H38N4O6S/c1-3-34-17-12-20-21(29)26-24(23(31)27-35(32,33)18-10-11-18)13-16(24)8-4-6-15(2)7-5-9-19(25)22(30)28(20)14-17/h4,8,15-20H,3,5-7,9-14,25H2,1-2H3,(H,26,29)(H,27,31)/b8-4-/t15?,16-,17-,19+,20+,24-/m1/s1. The Labute approximate surface area is 207 Å². The molecule has 2 aliphatic carbocycles. The molecule has 0 spiro atoms. The third-order valence-corrected chi connectivity index (χ3v) is 9.47. The first-order valence-corrected chi connectivity index (χ1v) is 14.3. The lowest BCUT2D eigenvalue weighted by molar-refractivity contribution is -0.140. The van der Waals surface area contributed by atoms with E-state index in [9.17, 15) is 22.8 Å². The molecule has 3 fully saturated rings. The van der Waals surface area contributed by atoms with Crippen molar-refractivity contribution < 1.29 is 27.5 Å². The Morgan fingerprint density at radius 3 is 2.71 bits per heavy atom. The molecule has 2 saturated carbocycles. The maximum Gasteiger partial charge on any atom is 0.259 e. The van der Waals surface area contributed by atoms with Gasteiger partial charge in [0, 0.05) is 25.5 Å². The number of nitrogens with zero attached hydrogens (tertiary/aromatic N) is 1. The number of fused-ring (bicyclic) bond motifs is 2. The van der Waals surface area contributed by atoms with Gasteiger partial charge in [0.05, 0.1) is 17.4 Å². The van der Waals surface area contributed by atoms with Gasteiger partial charge in [-0.3, -0.25) is 19.1 Å². The van der Waals surface area contributed by atoms with E-state index in [1.165, 1.54) is 4.90 Å². The van der Waals surface area contributed by atoms with E-state index in [2.05, 4.69) is 17.0 Å². The van der Waals surface area contributed by atoms with Crippen molar-refractivity contribution in [2.24, 2.45) is 17.6 Å². The Morgan fingerprint density at radius 1 is 1.29 bits per heavy atom. The highest BCUT2D eigenvalue weighted by Crippen LogP contribution is 2.46. The molecule has 4 N–H and O–H groups in total. The smallest absolute Gasteiger partial charge is 0.259 e. The van der Waals surface area contributed by atoms with Gasteiger partial charge in [0.1, 0.15) is 11.6 Å². The van der Waals surface area contributed by atoms with Crippen LogP contribution in [-0.4, -0.2) is 73.2 Å².